The molecule has 2 aromatic carbocycles. The van der Waals surface area contributed by atoms with Gasteiger partial charge in [0.15, 0.2) is 0 Å². The summed E-state index contributed by atoms with van der Waals surface area (Å²) in [6.45, 7) is 4.59. The SMILES string of the molecule is CCC1Sc2cc(N=C3NC(=O)N(CCCC(=O)O)C(O)N3Cc3ccc(C)cc3)ccc2N1C. The van der Waals surface area contributed by atoms with E-state index < -0.39 is 18.4 Å². The zero-order chi connectivity index (χ0) is 25.1. The minimum absolute atomic E-state index is 0.0879. The number of anilines is 1. The first kappa shape index (κ1) is 24.9. The second-order valence-corrected chi connectivity index (χ2v) is 9.98. The highest BCUT2D eigenvalue weighted by Crippen LogP contribution is 2.45. The second kappa shape index (κ2) is 10.6. The Kier molecular flexibility index (Phi) is 7.51. The Bertz CT molecular complexity index is 1120. The molecule has 0 aromatic heterocycles. The van der Waals surface area contributed by atoms with Crippen LogP contribution in [0.5, 0.6) is 0 Å². The number of carboxylic acids is 1. The van der Waals surface area contributed by atoms with Gasteiger partial charge >= 0.3 is 12.0 Å². The number of hydrogen-bond acceptors (Lipinski definition) is 6. The zero-order valence-corrected chi connectivity index (χ0v) is 21.0. The van der Waals surface area contributed by atoms with Gasteiger partial charge in [-0.15, -0.1) is 0 Å². The van der Waals surface area contributed by atoms with E-state index in [4.69, 9.17) is 10.1 Å². The molecule has 0 spiro atoms. The summed E-state index contributed by atoms with van der Waals surface area (Å²) in [5.41, 5.74) is 3.90. The number of amides is 2. The third-order valence-corrected chi connectivity index (χ3v) is 7.68. The first-order valence-corrected chi connectivity index (χ1v) is 12.6. The molecular weight excluding hydrogens is 466 g/mol. The first-order valence-electron chi connectivity index (χ1n) is 11.7. The number of carboxylic acid groups (broad SMARTS) is 1. The highest BCUT2D eigenvalue weighted by atomic mass is 32.2. The minimum atomic E-state index is -1.28. The van der Waals surface area contributed by atoms with Crippen LogP contribution in [0.2, 0.25) is 0 Å². The van der Waals surface area contributed by atoms with Crippen LogP contribution >= 0.6 is 11.8 Å². The van der Waals surface area contributed by atoms with Crippen LogP contribution in [0.15, 0.2) is 52.4 Å². The Balaban J connectivity index is 1.62. The summed E-state index contributed by atoms with van der Waals surface area (Å²) in [5.74, 6) is -0.693. The van der Waals surface area contributed by atoms with Crippen molar-refractivity contribution in [1.29, 1.82) is 0 Å². The number of nitrogens with one attached hydrogen (secondary N) is 1. The van der Waals surface area contributed by atoms with Crippen molar-refractivity contribution in [2.75, 3.05) is 18.5 Å². The number of aliphatic hydroxyl groups is 1. The number of carbonyl (C=O) groups excluding carboxylic acids is 1. The minimum Gasteiger partial charge on any atom is -0.481 e. The quantitative estimate of drug-likeness (QED) is 0.507. The van der Waals surface area contributed by atoms with Crippen molar-refractivity contribution in [3.63, 3.8) is 0 Å². The predicted molar refractivity (Wildman–Crippen MR) is 137 cm³/mol. The number of fused-ring (bicyclic) bond motifs is 1. The molecule has 1 saturated heterocycles. The van der Waals surface area contributed by atoms with Gasteiger partial charge in [-0.25, -0.2) is 9.79 Å². The van der Waals surface area contributed by atoms with Crippen molar-refractivity contribution < 1.29 is 19.8 Å². The number of urea groups is 1. The van der Waals surface area contributed by atoms with Gasteiger partial charge in [0.2, 0.25) is 12.3 Å². The van der Waals surface area contributed by atoms with Gasteiger partial charge in [0, 0.05) is 24.9 Å². The average Bonchev–Trinajstić information content (AvgIpc) is 3.14. The zero-order valence-electron chi connectivity index (χ0n) is 20.1. The molecule has 2 heterocycles. The van der Waals surface area contributed by atoms with Crippen LogP contribution in [-0.4, -0.2) is 63.3 Å². The summed E-state index contributed by atoms with van der Waals surface area (Å²) in [5, 5.41) is 23.3. The Morgan fingerprint density at radius 2 is 1.91 bits per heavy atom. The van der Waals surface area contributed by atoms with E-state index in [1.807, 2.05) is 49.4 Å². The standard InChI is InChI=1S/C25H31N5O4S/c1-4-21-28(3)19-12-11-18(14-20(19)35-21)26-23-27-24(33)29(13-5-6-22(31)32)25(34)30(23)15-17-9-7-16(2)8-10-17/h7-12,14,21,25,34H,4-6,13,15H2,1-3H3,(H,31,32)(H,26,27,33). The maximum atomic E-state index is 12.8. The summed E-state index contributed by atoms with van der Waals surface area (Å²) < 4.78 is 0. The molecule has 0 saturated carbocycles. The number of aliphatic carboxylic acids is 1. The van der Waals surface area contributed by atoms with E-state index in [-0.39, 0.29) is 25.3 Å². The smallest absolute Gasteiger partial charge is 0.327 e. The van der Waals surface area contributed by atoms with Crippen LogP contribution in [0.1, 0.15) is 37.3 Å². The molecule has 35 heavy (non-hydrogen) atoms. The monoisotopic (exact) mass is 497 g/mol. The van der Waals surface area contributed by atoms with Crippen molar-refractivity contribution in [2.24, 2.45) is 4.99 Å². The van der Waals surface area contributed by atoms with Gasteiger partial charge in [0.25, 0.3) is 0 Å². The van der Waals surface area contributed by atoms with E-state index in [0.29, 0.717) is 17.6 Å². The third-order valence-electron chi connectivity index (χ3n) is 6.17. The van der Waals surface area contributed by atoms with Crippen LogP contribution in [0.25, 0.3) is 0 Å². The highest BCUT2D eigenvalue weighted by Gasteiger charge is 2.36. The van der Waals surface area contributed by atoms with Crippen molar-refractivity contribution in [1.82, 2.24) is 15.1 Å². The van der Waals surface area contributed by atoms with Gasteiger partial charge in [-0.1, -0.05) is 48.5 Å². The first-order chi connectivity index (χ1) is 16.8. The number of aliphatic hydroxyl groups excluding tert-OH is 1. The number of hydrogen-bond donors (Lipinski definition) is 3. The number of carbonyl (C=O) groups is 2. The lowest BCUT2D eigenvalue weighted by Gasteiger charge is -2.42. The average molecular weight is 498 g/mol. The molecule has 9 nitrogen and oxygen atoms in total. The normalized spacial score (nSPS) is 20.9. The molecule has 1 fully saturated rings. The molecule has 2 aliphatic rings. The van der Waals surface area contributed by atoms with Gasteiger partial charge in [0.05, 0.1) is 23.3 Å². The Hall–Kier alpha value is -3.24. The molecule has 0 radical (unpaired) electrons. The summed E-state index contributed by atoms with van der Waals surface area (Å²) in [4.78, 5) is 34.7. The van der Waals surface area contributed by atoms with Gasteiger partial charge in [0.1, 0.15) is 0 Å². The number of aliphatic imine (C=N–C) groups is 1. The van der Waals surface area contributed by atoms with Crippen LogP contribution in [-0.2, 0) is 11.3 Å². The fourth-order valence-corrected chi connectivity index (χ4v) is 5.45. The maximum absolute atomic E-state index is 12.8. The van der Waals surface area contributed by atoms with Crippen molar-refractivity contribution >= 4 is 41.1 Å². The van der Waals surface area contributed by atoms with E-state index in [1.54, 1.807) is 16.7 Å². The summed E-state index contributed by atoms with van der Waals surface area (Å²) >= 11 is 1.79. The van der Waals surface area contributed by atoms with Crippen molar-refractivity contribution in [3.8, 4) is 0 Å². The van der Waals surface area contributed by atoms with E-state index in [1.165, 1.54) is 4.90 Å². The van der Waals surface area contributed by atoms with E-state index in [9.17, 15) is 14.7 Å². The molecule has 2 aromatic rings. The predicted octanol–water partition coefficient (Wildman–Crippen LogP) is 3.93. The summed E-state index contributed by atoms with van der Waals surface area (Å²) in [6.07, 6.45) is -0.116. The Morgan fingerprint density at radius 3 is 2.60 bits per heavy atom. The van der Waals surface area contributed by atoms with Crippen molar-refractivity contribution in [2.45, 2.75) is 56.3 Å². The number of aryl methyl sites for hydroxylation is 1. The molecule has 186 valence electrons. The van der Waals surface area contributed by atoms with Gasteiger partial charge in [-0.3, -0.25) is 19.9 Å². The van der Waals surface area contributed by atoms with Gasteiger partial charge in [-0.05, 0) is 43.5 Å². The van der Waals surface area contributed by atoms with Crippen LogP contribution < -0.4 is 10.2 Å². The van der Waals surface area contributed by atoms with Gasteiger partial charge < -0.3 is 15.1 Å². The van der Waals surface area contributed by atoms with Crippen LogP contribution in [0, 0.1) is 6.92 Å². The molecule has 2 amide bonds. The molecule has 2 aliphatic heterocycles. The maximum Gasteiger partial charge on any atom is 0.327 e. The molecule has 4 rings (SSSR count). The number of benzene rings is 2. The van der Waals surface area contributed by atoms with Crippen LogP contribution in [0.4, 0.5) is 16.2 Å². The Labute approximate surface area is 209 Å². The lowest BCUT2D eigenvalue weighted by Crippen LogP contribution is -2.65. The third kappa shape index (κ3) is 5.54. The molecular formula is C25H31N5O4S. The number of guanidine groups is 1. The lowest BCUT2D eigenvalue weighted by molar-refractivity contribution is -0.137. The van der Waals surface area contributed by atoms with E-state index in [0.717, 1.165) is 28.1 Å². The fraction of sp³-hybridized carbons (Fsp3) is 0.400. The van der Waals surface area contributed by atoms with Crippen LogP contribution in [0.3, 0.4) is 0 Å². The second-order valence-electron chi connectivity index (χ2n) is 8.76. The molecule has 2 atom stereocenters. The highest BCUT2D eigenvalue weighted by molar-refractivity contribution is 8.00. The molecule has 2 unspecified atom stereocenters. The summed E-state index contributed by atoms with van der Waals surface area (Å²) in [6, 6.07) is 13.3. The van der Waals surface area contributed by atoms with Crippen molar-refractivity contribution in [3.05, 3.63) is 53.6 Å². The number of thioether (sulfide) groups is 1. The van der Waals surface area contributed by atoms with Gasteiger partial charge in [-0.2, -0.15) is 0 Å². The topological polar surface area (TPSA) is 109 Å². The summed E-state index contributed by atoms with van der Waals surface area (Å²) in [7, 11) is 2.08. The Morgan fingerprint density at radius 1 is 1.17 bits per heavy atom. The lowest BCUT2D eigenvalue weighted by atomic mass is 10.1. The largest absolute Gasteiger partial charge is 0.481 e. The van der Waals surface area contributed by atoms with E-state index in [2.05, 4.69) is 24.2 Å². The number of rotatable bonds is 8. The fourth-order valence-electron chi connectivity index (χ4n) is 4.20. The molecule has 3 N–H and O–H groups in total. The molecule has 0 aliphatic carbocycles. The molecule has 0 bridgehead atoms. The number of nitrogens with zero attached hydrogens (tertiary/aromatic N) is 4. The molecule has 10 heteroatoms. The van der Waals surface area contributed by atoms with E-state index >= 15 is 0 Å².